The van der Waals surface area contributed by atoms with Crippen LogP contribution in [0.2, 0.25) is 0 Å². The zero-order valence-electron chi connectivity index (χ0n) is 12.9. The van der Waals surface area contributed by atoms with E-state index in [0.717, 1.165) is 30.0 Å². The van der Waals surface area contributed by atoms with E-state index in [0.29, 0.717) is 6.42 Å². The van der Waals surface area contributed by atoms with Crippen LogP contribution < -0.4 is 0 Å². The fourth-order valence-electron chi connectivity index (χ4n) is 1.76. The van der Waals surface area contributed by atoms with E-state index in [1.54, 1.807) is 6.92 Å². The van der Waals surface area contributed by atoms with Gasteiger partial charge in [0.25, 0.3) is 0 Å². The van der Waals surface area contributed by atoms with Crippen LogP contribution in [-0.4, -0.2) is 41.7 Å². The van der Waals surface area contributed by atoms with Crippen LogP contribution in [0.15, 0.2) is 22.8 Å². The van der Waals surface area contributed by atoms with Crippen LogP contribution in [0.1, 0.15) is 25.5 Å². The first-order valence-corrected chi connectivity index (χ1v) is 10.4. The van der Waals surface area contributed by atoms with Crippen LogP contribution in [0.5, 0.6) is 0 Å². The molecule has 1 aromatic heterocycles. The van der Waals surface area contributed by atoms with E-state index in [1.165, 1.54) is 19.2 Å². The predicted molar refractivity (Wildman–Crippen MR) is 78.1 cm³/mol. The van der Waals surface area contributed by atoms with E-state index >= 15 is 0 Å². The molecule has 0 N–H and O–H groups in total. The Balaban J connectivity index is 4.67. The number of hydrogen-bond acceptors (Lipinski definition) is 8. The molecule has 0 bridgehead atoms. The van der Waals surface area contributed by atoms with Crippen LogP contribution >= 0.6 is 0 Å². The Bertz CT molecular complexity index is 1230. The third kappa shape index (κ3) is 2.42. The zero-order valence-corrected chi connectivity index (χ0v) is 14.2. The van der Waals surface area contributed by atoms with E-state index < -0.39 is 24.9 Å². The molecule has 1 heterocycles. The summed E-state index contributed by atoms with van der Waals surface area (Å²) < 4.78 is 19.2. The molecule has 1 atom stereocenters. The molecule has 0 aromatic carbocycles. The molecule has 0 radical (unpaired) electrons. The fourth-order valence-corrected chi connectivity index (χ4v) is 4.40. The zero-order chi connectivity index (χ0) is 18.3. The van der Waals surface area contributed by atoms with Crippen LogP contribution in [0, 0.1) is 0 Å². The molecule has 24 heavy (non-hydrogen) atoms. The van der Waals surface area contributed by atoms with Crippen molar-refractivity contribution in [1.82, 2.24) is 0 Å². The molecule has 0 aliphatic rings. The molecule has 0 spiro atoms. The first-order chi connectivity index (χ1) is 11.4. The molecule has 8 nitrogen and oxygen atoms in total. The summed E-state index contributed by atoms with van der Waals surface area (Å²) in [6.07, 6.45) is 0.806. The Kier molecular flexibility index (Phi) is 5.34. The molecule has 1 rings (SSSR count). The summed E-state index contributed by atoms with van der Waals surface area (Å²) in [5, 5.41) is 0. The molecule has 0 amide bonds. The predicted octanol–water partition coefficient (Wildman–Crippen LogP) is 0.108. The van der Waals surface area contributed by atoms with E-state index in [9.17, 15) is 24.0 Å². The molecule has 9 heteroatoms. The summed E-state index contributed by atoms with van der Waals surface area (Å²) in [4.78, 5) is 58.4. The van der Waals surface area contributed by atoms with Crippen LogP contribution in [0.4, 0.5) is 0 Å². The van der Waals surface area contributed by atoms with E-state index in [-0.39, 0.29) is 6.42 Å². The summed E-state index contributed by atoms with van der Waals surface area (Å²) in [7, 11) is -6.14. The van der Waals surface area contributed by atoms with Crippen LogP contribution in [-0.2, 0) is 41.7 Å². The maximum atomic E-state index is 11.7. The minimum absolute atomic E-state index is 0.247. The SMILES string of the molecule is CCCC(OC)O[C](c1ccco1)=[Cr](=[C]=O)(=[C]=O)(=[C]=O)(=[C]=O)=[C]=O. The fraction of sp³-hybridized carbons (Fsp3) is 0.333. The van der Waals surface area contributed by atoms with E-state index in [1.807, 2.05) is 0 Å². The van der Waals surface area contributed by atoms with E-state index in [2.05, 4.69) is 0 Å². The number of furan rings is 1. The van der Waals surface area contributed by atoms with Gasteiger partial charge >= 0.3 is 132 Å². The minimum atomic E-state index is -7.39. The standard InChI is InChI=1S/C10H14O3.5CO.Cr/c1-3-5-10(11-2)13-8-9-6-4-7-12-9;5*1-2;/h4,6-7,10H,3,5H2,1-2H3;;;;;;. The molecule has 0 saturated carbocycles. The van der Waals surface area contributed by atoms with Crippen LogP contribution in [0.25, 0.3) is 0 Å². The van der Waals surface area contributed by atoms with Gasteiger partial charge < -0.3 is 0 Å². The summed E-state index contributed by atoms with van der Waals surface area (Å²) in [5.74, 6) is -0.398. The summed E-state index contributed by atoms with van der Waals surface area (Å²) in [5.41, 5.74) is 0. The molecule has 1 unspecified atom stereocenters. The van der Waals surface area contributed by atoms with Gasteiger partial charge in [-0.1, -0.05) is 0 Å². The molecule has 1 aromatic rings. The number of carbonyl (C=O) groups excluding carboxylic acids is 5. The Morgan fingerprint density at radius 3 is 2.00 bits per heavy atom. The Morgan fingerprint density at radius 2 is 1.67 bits per heavy atom. The second-order valence-corrected chi connectivity index (χ2v) is 11.4. The van der Waals surface area contributed by atoms with Crippen molar-refractivity contribution in [3.05, 3.63) is 24.2 Å². The van der Waals surface area contributed by atoms with Crippen molar-refractivity contribution in [3.63, 3.8) is 0 Å². The Labute approximate surface area is 132 Å². The van der Waals surface area contributed by atoms with Crippen molar-refractivity contribution >= 4 is 28.3 Å². The molecule has 0 aliphatic carbocycles. The Hall–Kier alpha value is -2.50. The monoisotopic (exact) mass is 374 g/mol. The van der Waals surface area contributed by atoms with Gasteiger partial charge in [0.1, 0.15) is 0 Å². The quantitative estimate of drug-likeness (QED) is 0.644. The topological polar surface area (TPSA) is 117 Å². The molecule has 128 valence electrons. The van der Waals surface area contributed by atoms with Gasteiger partial charge in [0, 0.05) is 0 Å². The molecular weight excluding hydrogens is 360 g/mol. The van der Waals surface area contributed by atoms with Gasteiger partial charge in [0.15, 0.2) is 0 Å². The maximum absolute atomic E-state index is 11.7. The number of hydrogen-bond donors (Lipinski definition) is 0. The second-order valence-electron chi connectivity index (χ2n) is 4.78. The number of ether oxygens (including phenoxy) is 2. The summed E-state index contributed by atoms with van der Waals surface area (Å²) >= 11 is 0. The molecule has 0 saturated heterocycles. The number of rotatable bonds is 6. The normalized spacial score (nSPS) is 11.6. The van der Waals surface area contributed by atoms with Gasteiger partial charge in [-0.3, -0.25) is 0 Å². The second kappa shape index (κ2) is 6.55. The summed E-state index contributed by atoms with van der Waals surface area (Å²) in [6.45, 7) is 1.78. The average molecular weight is 374 g/mol. The van der Waals surface area contributed by atoms with Gasteiger partial charge in [0.2, 0.25) is 0 Å². The first-order valence-electron chi connectivity index (χ1n) is 6.59. The molecule has 0 fully saturated rings. The van der Waals surface area contributed by atoms with Crippen molar-refractivity contribution in [2.24, 2.45) is 0 Å². The summed E-state index contributed by atoms with van der Waals surface area (Å²) in [6, 6.07) is 2.49. The van der Waals surface area contributed by atoms with Crippen molar-refractivity contribution in [2.45, 2.75) is 26.1 Å². The Morgan fingerprint density at radius 1 is 1.12 bits per heavy atom. The third-order valence-electron chi connectivity index (χ3n) is 3.25. The van der Waals surface area contributed by atoms with Crippen molar-refractivity contribution < 1.29 is 46.2 Å². The van der Waals surface area contributed by atoms with Gasteiger partial charge in [-0.15, -0.1) is 0 Å². The van der Waals surface area contributed by atoms with Crippen molar-refractivity contribution in [3.8, 4) is 0 Å². The average Bonchev–Trinajstić information content (AvgIpc) is 3.17. The van der Waals surface area contributed by atoms with Crippen molar-refractivity contribution in [1.29, 1.82) is 0 Å². The van der Waals surface area contributed by atoms with Gasteiger partial charge in [0.05, 0.1) is 0 Å². The first kappa shape index (κ1) is 19.5. The number of methoxy groups -OCH3 is 1. The third-order valence-corrected chi connectivity index (χ3v) is 8.42. The van der Waals surface area contributed by atoms with E-state index in [4.69, 9.17) is 13.9 Å². The van der Waals surface area contributed by atoms with Crippen molar-refractivity contribution in [2.75, 3.05) is 7.11 Å². The van der Waals surface area contributed by atoms with Gasteiger partial charge in [-0.2, -0.15) is 0 Å². The van der Waals surface area contributed by atoms with Crippen LogP contribution in [0.3, 0.4) is 0 Å². The van der Waals surface area contributed by atoms with Gasteiger partial charge in [-0.25, -0.2) is 0 Å². The molecule has 0 aliphatic heterocycles. The van der Waals surface area contributed by atoms with Gasteiger partial charge in [-0.05, 0) is 0 Å². The molecular formula is C15H14CrO8.